The van der Waals surface area contributed by atoms with E-state index in [0.29, 0.717) is 0 Å². The van der Waals surface area contributed by atoms with Crippen molar-refractivity contribution in [3.05, 3.63) is 27.5 Å². The van der Waals surface area contributed by atoms with Crippen LogP contribution in [0.4, 0.5) is 13.2 Å². The molecule has 0 radical (unpaired) electrons. The minimum Gasteiger partial charge on any atom is -0.251 e. The van der Waals surface area contributed by atoms with Gasteiger partial charge in [-0.05, 0) is 22.0 Å². The predicted octanol–water partition coefficient (Wildman–Crippen LogP) is 3.52. The van der Waals surface area contributed by atoms with Gasteiger partial charge in [0.15, 0.2) is 5.69 Å². The van der Waals surface area contributed by atoms with Gasteiger partial charge in [0.05, 0.1) is 9.50 Å². The number of hydrogen-bond donors (Lipinski definition) is 0. The topological polar surface area (TPSA) is 12.9 Å². The first-order chi connectivity index (χ1) is 5.43. The van der Waals surface area contributed by atoms with E-state index in [1.807, 2.05) is 0 Å². The molecule has 1 heterocycles. The van der Waals surface area contributed by atoms with Gasteiger partial charge in [0.25, 0.3) is 0 Å². The third kappa shape index (κ3) is 1.90. The molecule has 0 saturated heterocycles. The van der Waals surface area contributed by atoms with Gasteiger partial charge >= 0.3 is 6.18 Å². The van der Waals surface area contributed by atoms with Crippen LogP contribution in [-0.4, -0.2) is 4.98 Å². The molecule has 66 valence electrons. The summed E-state index contributed by atoms with van der Waals surface area (Å²) in [5.41, 5.74) is -1.00. The van der Waals surface area contributed by atoms with E-state index in [2.05, 4.69) is 20.9 Å². The fourth-order valence-corrected chi connectivity index (χ4v) is 1.22. The Hall–Kier alpha value is -0.290. The van der Waals surface area contributed by atoms with Gasteiger partial charge in [0.1, 0.15) is 0 Å². The highest BCUT2D eigenvalue weighted by Gasteiger charge is 2.35. The smallest absolute Gasteiger partial charge is 0.251 e. The van der Waals surface area contributed by atoms with Gasteiger partial charge in [-0.1, -0.05) is 11.6 Å². The highest BCUT2D eigenvalue weighted by Crippen LogP contribution is 2.36. The molecule has 12 heavy (non-hydrogen) atoms. The number of rotatable bonds is 0. The van der Waals surface area contributed by atoms with Crippen molar-refractivity contribution in [2.45, 2.75) is 6.18 Å². The lowest BCUT2D eigenvalue weighted by molar-refractivity contribution is -0.141. The van der Waals surface area contributed by atoms with E-state index in [9.17, 15) is 13.2 Å². The average Bonchev–Trinajstić information content (AvgIpc) is 1.92. The third-order valence-corrected chi connectivity index (χ3v) is 2.46. The Bertz CT molecular complexity index is 299. The number of halogens is 5. The second-order valence-corrected chi connectivity index (χ2v) is 3.15. The zero-order chi connectivity index (χ0) is 9.35. The second-order valence-electron chi connectivity index (χ2n) is 1.95. The predicted molar refractivity (Wildman–Crippen MR) is 41.9 cm³/mol. The number of alkyl halides is 3. The first-order valence-corrected chi connectivity index (χ1v) is 3.97. The minimum absolute atomic E-state index is 0.00248. The molecule has 0 fully saturated rings. The molecule has 1 nitrogen and oxygen atoms in total. The van der Waals surface area contributed by atoms with Crippen molar-refractivity contribution in [3.63, 3.8) is 0 Å². The van der Waals surface area contributed by atoms with Gasteiger partial charge in [-0.3, -0.25) is 4.98 Å². The SMILES string of the molecule is FC(F)(F)c1nccc(Cl)c1Br. The third-order valence-electron chi connectivity index (χ3n) is 1.11. The molecule has 1 aromatic heterocycles. The summed E-state index contributed by atoms with van der Waals surface area (Å²) in [6.45, 7) is 0. The zero-order valence-corrected chi connectivity index (χ0v) is 7.83. The van der Waals surface area contributed by atoms with E-state index in [4.69, 9.17) is 11.6 Å². The Morgan fingerprint density at radius 2 is 2.00 bits per heavy atom. The van der Waals surface area contributed by atoms with Gasteiger partial charge < -0.3 is 0 Å². The second kappa shape index (κ2) is 3.22. The maximum Gasteiger partial charge on any atom is 0.434 e. The van der Waals surface area contributed by atoms with E-state index in [0.717, 1.165) is 6.20 Å². The van der Waals surface area contributed by atoms with Crippen LogP contribution in [0, 0.1) is 0 Å². The molecule has 0 unspecified atom stereocenters. The Morgan fingerprint density at radius 3 is 2.42 bits per heavy atom. The van der Waals surface area contributed by atoms with Crippen LogP contribution in [0.1, 0.15) is 5.69 Å². The molecule has 0 saturated carbocycles. The van der Waals surface area contributed by atoms with Crippen molar-refractivity contribution in [1.82, 2.24) is 4.98 Å². The summed E-state index contributed by atoms with van der Waals surface area (Å²) in [5, 5.41) is -0.00248. The first-order valence-electron chi connectivity index (χ1n) is 2.80. The fraction of sp³-hybridized carbons (Fsp3) is 0.167. The Morgan fingerprint density at radius 1 is 1.42 bits per heavy atom. The molecule has 0 N–H and O–H groups in total. The summed E-state index contributed by atoms with van der Waals surface area (Å²) in [4.78, 5) is 3.15. The average molecular weight is 260 g/mol. The van der Waals surface area contributed by atoms with Crippen LogP contribution in [0.15, 0.2) is 16.7 Å². The van der Waals surface area contributed by atoms with Crippen molar-refractivity contribution in [3.8, 4) is 0 Å². The highest BCUT2D eigenvalue weighted by atomic mass is 79.9. The van der Waals surface area contributed by atoms with Crippen molar-refractivity contribution >= 4 is 27.5 Å². The van der Waals surface area contributed by atoms with E-state index in [1.54, 1.807) is 0 Å². The highest BCUT2D eigenvalue weighted by molar-refractivity contribution is 9.10. The quantitative estimate of drug-likeness (QED) is 0.695. The molecule has 0 aliphatic rings. The van der Waals surface area contributed by atoms with Crippen LogP contribution in [0.3, 0.4) is 0 Å². The first kappa shape index (κ1) is 9.80. The standard InChI is InChI=1S/C6H2BrClF3N/c7-4-3(8)1-2-12-5(4)6(9,10)11/h1-2H. The maximum absolute atomic E-state index is 12.1. The van der Waals surface area contributed by atoms with Gasteiger partial charge in [-0.15, -0.1) is 0 Å². The van der Waals surface area contributed by atoms with Crippen LogP contribution in [0.5, 0.6) is 0 Å². The summed E-state index contributed by atoms with van der Waals surface area (Å²) in [6.07, 6.45) is -3.46. The molecular weight excluding hydrogens is 258 g/mol. The van der Waals surface area contributed by atoms with Gasteiger partial charge in [-0.2, -0.15) is 13.2 Å². The molecule has 0 amide bonds. The fourth-order valence-electron chi connectivity index (χ4n) is 0.618. The summed E-state index contributed by atoms with van der Waals surface area (Å²) in [6, 6.07) is 1.28. The molecule has 0 aliphatic heterocycles. The van der Waals surface area contributed by atoms with Gasteiger partial charge in [0, 0.05) is 6.20 Å². The Labute approximate surface area is 79.7 Å². The Balaban J connectivity index is 3.26. The monoisotopic (exact) mass is 259 g/mol. The van der Waals surface area contributed by atoms with E-state index < -0.39 is 11.9 Å². The van der Waals surface area contributed by atoms with Crippen LogP contribution in [0.2, 0.25) is 5.02 Å². The Kier molecular flexibility index (Phi) is 2.63. The molecule has 1 aromatic rings. The lowest BCUT2D eigenvalue weighted by Gasteiger charge is -2.07. The molecular formula is C6H2BrClF3N. The van der Waals surface area contributed by atoms with Crippen LogP contribution < -0.4 is 0 Å². The molecule has 6 heteroatoms. The van der Waals surface area contributed by atoms with Crippen LogP contribution in [0.25, 0.3) is 0 Å². The largest absolute Gasteiger partial charge is 0.434 e. The number of nitrogens with zero attached hydrogens (tertiary/aromatic N) is 1. The van der Waals surface area contributed by atoms with E-state index in [-0.39, 0.29) is 9.50 Å². The molecule has 0 aliphatic carbocycles. The van der Waals surface area contributed by atoms with Gasteiger partial charge in [0.2, 0.25) is 0 Å². The van der Waals surface area contributed by atoms with Crippen molar-refractivity contribution in [1.29, 1.82) is 0 Å². The maximum atomic E-state index is 12.1. The number of aromatic nitrogens is 1. The van der Waals surface area contributed by atoms with Crippen molar-refractivity contribution in [2.24, 2.45) is 0 Å². The van der Waals surface area contributed by atoms with Crippen LogP contribution in [-0.2, 0) is 6.18 Å². The molecule has 0 bridgehead atoms. The molecule has 0 aromatic carbocycles. The molecule has 0 atom stereocenters. The zero-order valence-electron chi connectivity index (χ0n) is 5.49. The van der Waals surface area contributed by atoms with Crippen molar-refractivity contribution in [2.75, 3.05) is 0 Å². The van der Waals surface area contributed by atoms with E-state index in [1.165, 1.54) is 6.07 Å². The van der Waals surface area contributed by atoms with Crippen LogP contribution >= 0.6 is 27.5 Å². The molecule has 0 spiro atoms. The minimum atomic E-state index is -4.47. The molecule has 1 rings (SSSR count). The summed E-state index contributed by atoms with van der Waals surface area (Å²) < 4.78 is 36.0. The summed E-state index contributed by atoms with van der Waals surface area (Å²) in [7, 11) is 0. The van der Waals surface area contributed by atoms with E-state index >= 15 is 0 Å². The summed E-state index contributed by atoms with van der Waals surface area (Å²) >= 11 is 8.13. The normalized spacial score (nSPS) is 11.8. The lowest BCUT2D eigenvalue weighted by Crippen LogP contribution is -2.08. The number of hydrogen-bond acceptors (Lipinski definition) is 1. The van der Waals surface area contributed by atoms with Gasteiger partial charge in [-0.25, -0.2) is 0 Å². The lowest BCUT2D eigenvalue weighted by atomic mass is 10.3. The summed E-state index contributed by atoms with van der Waals surface area (Å²) in [5.74, 6) is 0. The number of pyridine rings is 1. The van der Waals surface area contributed by atoms with Crippen molar-refractivity contribution < 1.29 is 13.2 Å².